The van der Waals surface area contributed by atoms with Crippen LogP contribution in [0.15, 0.2) is 43.0 Å². The van der Waals surface area contributed by atoms with Crippen molar-refractivity contribution >= 4 is 11.4 Å². The number of benzene rings is 1. The summed E-state index contributed by atoms with van der Waals surface area (Å²) in [5, 5.41) is 6.86. The van der Waals surface area contributed by atoms with Crippen LogP contribution in [0.5, 0.6) is 0 Å². The van der Waals surface area contributed by atoms with Gasteiger partial charge in [0.2, 0.25) is 0 Å². The zero-order valence-corrected chi connectivity index (χ0v) is 12.7. The van der Waals surface area contributed by atoms with Crippen molar-refractivity contribution in [2.24, 2.45) is 0 Å². The van der Waals surface area contributed by atoms with Gasteiger partial charge in [0.15, 0.2) is 0 Å². The summed E-state index contributed by atoms with van der Waals surface area (Å²) in [6.45, 7) is 0.182. The lowest BCUT2D eigenvalue weighted by atomic mass is 9.94. The second-order valence-corrected chi connectivity index (χ2v) is 6.02. The molecule has 1 amide bonds. The number of halogens is 2. The highest BCUT2D eigenvalue weighted by molar-refractivity contribution is 6.00. The number of amides is 1. The molecule has 2 aromatic heterocycles. The summed E-state index contributed by atoms with van der Waals surface area (Å²) in [4.78, 5) is 16.4. The molecule has 4 rings (SSSR count). The Kier molecular flexibility index (Phi) is 3.30. The molecule has 5 nitrogen and oxygen atoms in total. The van der Waals surface area contributed by atoms with Gasteiger partial charge in [-0.2, -0.15) is 5.10 Å². The highest BCUT2D eigenvalue weighted by atomic mass is 19.1. The molecule has 3 aromatic rings. The van der Waals surface area contributed by atoms with Crippen LogP contribution in [0.25, 0.3) is 5.52 Å². The number of hydrogen-bond acceptors (Lipinski definition) is 3. The van der Waals surface area contributed by atoms with Crippen molar-refractivity contribution in [1.29, 1.82) is 0 Å². The van der Waals surface area contributed by atoms with Crippen LogP contribution in [0.1, 0.15) is 28.8 Å². The summed E-state index contributed by atoms with van der Waals surface area (Å²) < 4.78 is 29.6. The Morgan fingerprint density at radius 3 is 2.71 bits per heavy atom. The fourth-order valence-electron chi connectivity index (χ4n) is 3.02. The Morgan fingerprint density at radius 2 is 2.00 bits per heavy atom. The van der Waals surface area contributed by atoms with Crippen molar-refractivity contribution in [3.8, 4) is 0 Å². The van der Waals surface area contributed by atoms with Crippen LogP contribution in [-0.2, 0) is 5.41 Å². The van der Waals surface area contributed by atoms with Gasteiger partial charge in [0.1, 0.15) is 11.6 Å². The Bertz CT molecular complexity index is 913. The number of carbonyl (C=O) groups excluding carboxylic acids is 1. The smallest absolute Gasteiger partial charge is 0.255 e. The third-order valence-electron chi connectivity index (χ3n) is 4.50. The first kappa shape index (κ1) is 14.7. The van der Waals surface area contributed by atoms with E-state index in [1.807, 2.05) is 0 Å². The maximum atomic E-state index is 14.0. The van der Waals surface area contributed by atoms with Crippen LogP contribution >= 0.6 is 0 Å². The quantitative estimate of drug-likeness (QED) is 0.800. The summed E-state index contributed by atoms with van der Waals surface area (Å²) in [5.41, 5.74) is 0.364. The molecule has 1 aromatic carbocycles. The van der Waals surface area contributed by atoms with Crippen molar-refractivity contribution in [2.45, 2.75) is 18.3 Å². The molecule has 2 heterocycles. The van der Waals surface area contributed by atoms with Gasteiger partial charge in [0.05, 0.1) is 23.5 Å². The highest BCUT2D eigenvalue weighted by Gasteiger charge is 2.48. The first-order chi connectivity index (χ1) is 11.6. The Hall–Kier alpha value is -2.83. The Balaban J connectivity index is 1.56. The fourth-order valence-corrected chi connectivity index (χ4v) is 3.02. The van der Waals surface area contributed by atoms with Gasteiger partial charge in [-0.15, -0.1) is 0 Å². The topological polar surface area (TPSA) is 59.3 Å². The minimum absolute atomic E-state index is 0.0619. The van der Waals surface area contributed by atoms with Crippen molar-refractivity contribution in [2.75, 3.05) is 6.54 Å². The summed E-state index contributed by atoms with van der Waals surface area (Å²) >= 11 is 0. The van der Waals surface area contributed by atoms with Gasteiger partial charge in [-0.3, -0.25) is 9.78 Å². The van der Waals surface area contributed by atoms with E-state index < -0.39 is 17.0 Å². The first-order valence-corrected chi connectivity index (χ1v) is 7.61. The van der Waals surface area contributed by atoms with E-state index in [9.17, 15) is 13.6 Å². The normalized spacial score (nSPS) is 15.4. The predicted octanol–water partition coefficient (Wildman–Crippen LogP) is 2.47. The van der Waals surface area contributed by atoms with Crippen molar-refractivity contribution in [1.82, 2.24) is 19.9 Å². The maximum Gasteiger partial charge on any atom is 0.255 e. The molecule has 0 atom stereocenters. The second kappa shape index (κ2) is 5.36. The maximum absolute atomic E-state index is 14.0. The molecule has 122 valence electrons. The van der Waals surface area contributed by atoms with Crippen molar-refractivity contribution in [3.63, 3.8) is 0 Å². The summed E-state index contributed by atoms with van der Waals surface area (Å²) in [5.74, 6) is -1.47. The molecule has 0 aliphatic heterocycles. The fraction of sp³-hybridized carbons (Fsp3) is 0.235. The van der Waals surface area contributed by atoms with E-state index in [4.69, 9.17) is 0 Å². The van der Waals surface area contributed by atoms with Crippen LogP contribution in [0.3, 0.4) is 0 Å². The average molecular weight is 328 g/mol. The lowest BCUT2D eigenvalue weighted by molar-refractivity contribution is 0.0950. The van der Waals surface area contributed by atoms with Crippen LogP contribution in [0.4, 0.5) is 8.78 Å². The molecule has 0 bridgehead atoms. The molecule has 24 heavy (non-hydrogen) atoms. The molecule has 1 saturated carbocycles. The third-order valence-corrected chi connectivity index (χ3v) is 4.50. The second-order valence-electron chi connectivity index (χ2n) is 6.02. The monoisotopic (exact) mass is 328 g/mol. The molecule has 1 aliphatic carbocycles. The van der Waals surface area contributed by atoms with E-state index in [0.717, 1.165) is 0 Å². The van der Waals surface area contributed by atoms with Crippen molar-refractivity contribution < 1.29 is 13.6 Å². The van der Waals surface area contributed by atoms with Crippen molar-refractivity contribution in [3.05, 3.63) is 65.7 Å². The van der Waals surface area contributed by atoms with E-state index in [2.05, 4.69) is 15.4 Å². The Morgan fingerprint density at radius 1 is 1.25 bits per heavy atom. The Labute approximate surface area is 136 Å². The van der Waals surface area contributed by atoms with Gasteiger partial charge in [0, 0.05) is 29.9 Å². The molecule has 0 radical (unpaired) electrons. The minimum atomic E-state index is -0.660. The lowest BCUT2D eigenvalue weighted by Gasteiger charge is -2.18. The number of fused-ring (bicyclic) bond motifs is 1. The molecule has 7 heteroatoms. The lowest BCUT2D eigenvalue weighted by Crippen LogP contribution is -2.33. The van der Waals surface area contributed by atoms with Gasteiger partial charge in [-0.25, -0.2) is 13.3 Å². The van der Waals surface area contributed by atoms with Crippen LogP contribution in [0, 0.1) is 11.6 Å². The number of aromatic nitrogens is 3. The van der Waals surface area contributed by atoms with Gasteiger partial charge in [-0.1, -0.05) is 6.07 Å². The molecular formula is C17H14F2N4O. The summed E-state index contributed by atoms with van der Waals surface area (Å²) in [7, 11) is 0. The predicted molar refractivity (Wildman–Crippen MR) is 82.6 cm³/mol. The molecule has 1 fully saturated rings. The molecule has 0 saturated heterocycles. The number of rotatable bonds is 4. The first-order valence-electron chi connectivity index (χ1n) is 7.61. The number of hydrogen-bond donors (Lipinski definition) is 1. The third kappa shape index (κ3) is 2.33. The van der Waals surface area contributed by atoms with Crippen LogP contribution < -0.4 is 5.32 Å². The molecular weight excluding hydrogens is 314 g/mol. The molecule has 1 aliphatic rings. The highest BCUT2D eigenvalue weighted by Crippen LogP contribution is 2.49. The van der Waals surface area contributed by atoms with Crippen LogP contribution in [0.2, 0.25) is 0 Å². The van der Waals surface area contributed by atoms with Gasteiger partial charge in [0.25, 0.3) is 5.91 Å². The number of nitrogens with one attached hydrogen (secondary N) is 1. The zero-order valence-electron chi connectivity index (χ0n) is 12.7. The van der Waals surface area contributed by atoms with E-state index in [1.54, 1.807) is 23.1 Å². The average Bonchev–Trinajstić information content (AvgIpc) is 3.22. The number of nitrogens with zero attached hydrogens (tertiary/aromatic N) is 3. The van der Waals surface area contributed by atoms with E-state index in [1.165, 1.54) is 24.4 Å². The van der Waals surface area contributed by atoms with Gasteiger partial charge < -0.3 is 5.32 Å². The number of carbonyl (C=O) groups is 1. The van der Waals surface area contributed by atoms with Crippen LogP contribution in [-0.4, -0.2) is 27.0 Å². The SMILES string of the molecule is O=C(NCC1(c2c(F)cccc2F)CC1)c1cnn2ccncc12. The standard InChI is InChI=1S/C17H14F2N4O/c18-12-2-1-3-13(19)15(12)17(4-5-17)10-21-16(24)11-8-22-23-7-6-20-9-14(11)23/h1-3,6-9H,4-5,10H2,(H,21,24). The minimum Gasteiger partial charge on any atom is -0.351 e. The van der Waals surface area contributed by atoms with E-state index in [-0.39, 0.29) is 18.0 Å². The molecule has 1 N–H and O–H groups in total. The zero-order chi connectivity index (χ0) is 16.7. The summed E-state index contributed by atoms with van der Waals surface area (Å²) in [6, 6.07) is 3.84. The molecule has 0 unspecified atom stereocenters. The van der Waals surface area contributed by atoms with Gasteiger partial charge in [-0.05, 0) is 25.0 Å². The largest absolute Gasteiger partial charge is 0.351 e. The van der Waals surface area contributed by atoms with E-state index >= 15 is 0 Å². The summed E-state index contributed by atoms with van der Waals surface area (Å²) in [6.07, 6.45) is 7.49. The molecule has 0 spiro atoms. The van der Waals surface area contributed by atoms with Gasteiger partial charge >= 0.3 is 0 Å². The van der Waals surface area contributed by atoms with E-state index in [0.29, 0.717) is 23.9 Å².